The zero-order valence-corrected chi connectivity index (χ0v) is 12.0. The number of H-pyrrole nitrogens is 1. The van der Waals surface area contributed by atoms with Gasteiger partial charge < -0.3 is 9.72 Å². The summed E-state index contributed by atoms with van der Waals surface area (Å²) < 4.78 is 32.2. The molecule has 0 saturated carbocycles. The van der Waals surface area contributed by atoms with Gasteiger partial charge in [-0.2, -0.15) is 0 Å². The van der Waals surface area contributed by atoms with Gasteiger partial charge in [-0.25, -0.2) is 8.78 Å². The summed E-state index contributed by atoms with van der Waals surface area (Å²) in [6.45, 7) is 1.66. The van der Waals surface area contributed by atoms with E-state index in [2.05, 4.69) is 4.98 Å². The summed E-state index contributed by atoms with van der Waals surface area (Å²) in [5.41, 5.74) is 1.31. The van der Waals surface area contributed by atoms with Gasteiger partial charge in [0.15, 0.2) is 17.4 Å². The van der Waals surface area contributed by atoms with E-state index in [1.807, 2.05) is 0 Å². The summed E-state index contributed by atoms with van der Waals surface area (Å²) in [5, 5.41) is 0.372. The van der Waals surface area contributed by atoms with Crippen LogP contribution in [0.3, 0.4) is 0 Å². The Hall–Kier alpha value is -2.69. The molecule has 3 rings (SSSR count). The SMILES string of the molecule is COc1ccc(C(=O)c2c(C)[nH]c3c(F)c(F)ccc23)cc1. The number of nitrogens with one attached hydrogen (secondary N) is 1. The van der Waals surface area contributed by atoms with Crippen molar-refractivity contribution in [3.63, 3.8) is 0 Å². The predicted molar refractivity (Wildman–Crippen MR) is 79.4 cm³/mol. The van der Waals surface area contributed by atoms with Gasteiger partial charge in [-0.3, -0.25) is 4.79 Å². The molecular formula is C17H13F2NO2. The van der Waals surface area contributed by atoms with Crippen molar-refractivity contribution in [1.29, 1.82) is 0 Å². The Morgan fingerprint density at radius 3 is 2.41 bits per heavy atom. The minimum absolute atomic E-state index is 0.00867. The summed E-state index contributed by atoms with van der Waals surface area (Å²) in [6.07, 6.45) is 0. The van der Waals surface area contributed by atoms with Gasteiger partial charge in [0.25, 0.3) is 0 Å². The molecule has 1 heterocycles. The van der Waals surface area contributed by atoms with E-state index in [1.165, 1.54) is 13.2 Å². The first-order valence-corrected chi connectivity index (χ1v) is 6.68. The molecule has 0 aliphatic carbocycles. The number of aryl methyl sites for hydroxylation is 1. The Morgan fingerprint density at radius 2 is 1.77 bits per heavy atom. The number of hydrogen-bond acceptors (Lipinski definition) is 2. The van der Waals surface area contributed by atoms with Crippen LogP contribution in [0.5, 0.6) is 5.75 Å². The fourth-order valence-corrected chi connectivity index (χ4v) is 2.51. The van der Waals surface area contributed by atoms with Crippen LogP contribution in [0.2, 0.25) is 0 Å². The Labute approximate surface area is 125 Å². The number of halogens is 2. The van der Waals surface area contributed by atoms with Crippen molar-refractivity contribution in [2.45, 2.75) is 6.92 Å². The van der Waals surface area contributed by atoms with Gasteiger partial charge in [0.05, 0.1) is 18.2 Å². The van der Waals surface area contributed by atoms with E-state index in [0.29, 0.717) is 28.0 Å². The highest BCUT2D eigenvalue weighted by Gasteiger charge is 2.20. The first-order valence-electron chi connectivity index (χ1n) is 6.68. The first kappa shape index (κ1) is 14.3. The molecule has 0 bridgehead atoms. The number of fused-ring (bicyclic) bond motifs is 1. The summed E-state index contributed by atoms with van der Waals surface area (Å²) in [5.74, 6) is -1.54. The molecule has 3 aromatic rings. The Kier molecular flexibility index (Phi) is 3.41. The van der Waals surface area contributed by atoms with Crippen molar-refractivity contribution < 1.29 is 18.3 Å². The van der Waals surface area contributed by atoms with E-state index < -0.39 is 11.6 Å². The van der Waals surface area contributed by atoms with Crippen molar-refractivity contribution in [3.05, 3.63) is 64.9 Å². The minimum Gasteiger partial charge on any atom is -0.497 e. The van der Waals surface area contributed by atoms with Gasteiger partial charge in [0.1, 0.15) is 5.75 Å². The number of rotatable bonds is 3. The number of ketones is 1. The largest absolute Gasteiger partial charge is 0.497 e. The maximum Gasteiger partial charge on any atom is 0.195 e. The molecular weight excluding hydrogens is 288 g/mol. The number of ether oxygens (including phenoxy) is 1. The topological polar surface area (TPSA) is 42.1 Å². The third-order valence-corrected chi connectivity index (χ3v) is 3.63. The Morgan fingerprint density at radius 1 is 1.09 bits per heavy atom. The molecule has 0 saturated heterocycles. The van der Waals surface area contributed by atoms with Crippen LogP contribution >= 0.6 is 0 Å². The van der Waals surface area contributed by atoms with Crippen LogP contribution in [-0.4, -0.2) is 17.9 Å². The van der Waals surface area contributed by atoms with Crippen LogP contribution in [0.4, 0.5) is 8.78 Å². The first-order chi connectivity index (χ1) is 10.5. The molecule has 3 nitrogen and oxygen atoms in total. The zero-order valence-electron chi connectivity index (χ0n) is 12.0. The lowest BCUT2D eigenvalue weighted by Crippen LogP contribution is -2.02. The lowest BCUT2D eigenvalue weighted by Gasteiger charge is -2.04. The molecule has 22 heavy (non-hydrogen) atoms. The van der Waals surface area contributed by atoms with Crippen LogP contribution in [0, 0.1) is 18.6 Å². The van der Waals surface area contributed by atoms with Crippen molar-refractivity contribution in [3.8, 4) is 5.75 Å². The number of carbonyl (C=O) groups is 1. The molecule has 0 fully saturated rings. The highest BCUT2D eigenvalue weighted by atomic mass is 19.2. The summed E-state index contributed by atoms with van der Waals surface area (Å²) >= 11 is 0. The lowest BCUT2D eigenvalue weighted by molar-refractivity contribution is 0.103. The van der Waals surface area contributed by atoms with Crippen LogP contribution in [-0.2, 0) is 0 Å². The molecule has 1 N–H and O–H groups in total. The fraction of sp³-hybridized carbons (Fsp3) is 0.118. The third-order valence-electron chi connectivity index (χ3n) is 3.63. The average Bonchev–Trinajstić information content (AvgIpc) is 2.87. The molecule has 2 aromatic carbocycles. The van der Waals surface area contributed by atoms with E-state index in [-0.39, 0.29) is 11.3 Å². The van der Waals surface area contributed by atoms with E-state index in [0.717, 1.165) is 6.07 Å². The normalized spacial score (nSPS) is 10.9. The quantitative estimate of drug-likeness (QED) is 0.743. The molecule has 112 valence electrons. The Balaban J connectivity index is 2.14. The standard InChI is InChI=1S/C17H13F2NO2/c1-9-14(12-7-8-13(18)15(19)16(12)20-9)17(21)10-3-5-11(22-2)6-4-10/h3-8,20H,1-2H3. The summed E-state index contributed by atoms with van der Waals surface area (Å²) in [7, 11) is 1.54. The number of hydrogen-bond donors (Lipinski definition) is 1. The van der Waals surface area contributed by atoms with Gasteiger partial charge in [-0.1, -0.05) is 0 Å². The number of aromatic amines is 1. The highest BCUT2D eigenvalue weighted by molar-refractivity contribution is 6.17. The van der Waals surface area contributed by atoms with Crippen molar-refractivity contribution >= 4 is 16.7 Å². The smallest absolute Gasteiger partial charge is 0.195 e. The number of methoxy groups -OCH3 is 1. The van der Waals surface area contributed by atoms with E-state index in [4.69, 9.17) is 4.74 Å². The van der Waals surface area contributed by atoms with E-state index in [1.54, 1.807) is 31.2 Å². The second-order valence-electron chi connectivity index (χ2n) is 4.97. The average molecular weight is 301 g/mol. The minimum atomic E-state index is -0.977. The highest BCUT2D eigenvalue weighted by Crippen LogP contribution is 2.28. The molecule has 0 atom stereocenters. The lowest BCUT2D eigenvalue weighted by atomic mass is 10.0. The summed E-state index contributed by atoms with van der Waals surface area (Å²) in [4.78, 5) is 15.4. The molecule has 0 spiro atoms. The van der Waals surface area contributed by atoms with Gasteiger partial charge in [0, 0.05) is 16.6 Å². The third kappa shape index (κ3) is 2.15. The second kappa shape index (κ2) is 5.26. The molecule has 5 heteroatoms. The zero-order chi connectivity index (χ0) is 15.9. The molecule has 0 amide bonds. The van der Waals surface area contributed by atoms with Gasteiger partial charge >= 0.3 is 0 Å². The van der Waals surface area contributed by atoms with Crippen LogP contribution in [0.25, 0.3) is 10.9 Å². The molecule has 0 aliphatic heterocycles. The van der Waals surface area contributed by atoms with Crippen LogP contribution in [0.15, 0.2) is 36.4 Å². The molecule has 0 radical (unpaired) electrons. The van der Waals surface area contributed by atoms with E-state index in [9.17, 15) is 13.6 Å². The fourth-order valence-electron chi connectivity index (χ4n) is 2.51. The Bertz CT molecular complexity index is 866. The monoisotopic (exact) mass is 301 g/mol. The van der Waals surface area contributed by atoms with Crippen LogP contribution < -0.4 is 4.74 Å². The maximum absolute atomic E-state index is 13.8. The van der Waals surface area contributed by atoms with Crippen LogP contribution in [0.1, 0.15) is 21.6 Å². The van der Waals surface area contributed by atoms with Gasteiger partial charge in [-0.15, -0.1) is 0 Å². The van der Waals surface area contributed by atoms with E-state index >= 15 is 0 Å². The number of benzene rings is 2. The molecule has 0 aliphatic rings. The number of carbonyl (C=O) groups excluding carboxylic acids is 1. The van der Waals surface area contributed by atoms with Crippen molar-refractivity contribution in [2.24, 2.45) is 0 Å². The molecule has 0 unspecified atom stereocenters. The molecule has 1 aromatic heterocycles. The second-order valence-corrected chi connectivity index (χ2v) is 4.97. The number of aromatic nitrogens is 1. The van der Waals surface area contributed by atoms with Crippen molar-refractivity contribution in [2.75, 3.05) is 7.11 Å². The van der Waals surface area contributed by atoms with Gasteiger partial charge in [-0.05, 0) is 43.3 Å². The van der Waals surface area contributed by atoms with Crippen molar-refractivity contribution in [1.82, 2.24) is 4.98 Å². The predicted octanol–water partition coefficient (Wildman–Crippen LogP) is 3.99. The maximum atomic E-state index is 13.8. The van der Waals surface area contributed by atoms with Gasteiger partial charge in [0.2, 0.25) is 0 Å². The summed E-state index contributed by atoms with van der Waals surface area (Å²) in [6, 6.07) is 9.07.